The van der Waals surface area contributed by atoms with Crippen LogP contribution in [0.3, 0.4) is 0 Å². The Morgan fingerprint density at radius 1 is 1.06 bits per heavy atom. The number of carbonyl (C=O) groups excluding carboxylic acids is 2. The molecule has 4 rings (SSSR count). The van der Waals surface area contributed by atoms with Crippen molar-refractivity contribution in [3.8, 4) is 0 Å². The summed E-state index contributed by atoms with van der Waals surface area (Å²) in [6.45, 7) is 1.73. The third-order valence-corrected chi connectivity index (χ3v) is 7.20. The summed E-state index contributed by atoms with van der Waals surface area (Å²) in [4.78, 5) is 30.4. The molecule has 2 N–H and O–H groups in total. The first-order chi connectivity index (χ1) is 15.9. The molecule has 1 fully saturated rings. The van der Waals surface area contributed by atoms with Gasteiger partial charge in [-0.3, -0.25) is 19.3 Å². The summed E-state index contributed by atoms with van der Waals surface area (Å²) >= 11 is 0. The number of aliphatic imine (C=N–C) groups is 1. The van der Waals surface area contributed by atoms with E-state index in [4.69, 9.17) is 0 Å². The molecule has 2 aromatic carbocycles. The molecule has 1 saturated heterocycles. The predicted octanol–water partition coefficient (Wildman–Crippen LogP) is 2.73. The van der Waals surface area contributed by atoms with E-state index in [1.165, 1.54) is 0 Å². The fraction of sp³-hybridized carbons (Fsp3) is 0.375. The van der Waals surface area contributed by atoms with Crippen LogP contribution >= 0.6 is 0 Å². The number of rotatable bonds is 9. The molecule has 174 valence electrons. The maximum Gasteiger partial charge on any atom is 0.263 e. The van der Waals surface area contributed by atoms with Crippen molar-refractivity contribution in [3.63, 3.8) is 0 Å². The number of nitrogens with one attached hydrogen (secondary N) is 2. The molecule has 0 aromatic heterocycles. The highest BCUT2D eigenvalue weighted by Gasteiger charge is 2.29. The summed E-state index contributed by atoms with van der Waals surface area (Å²) in [6.07, 6.45) is 4.30. The molecule has 33 heavy (non-hydrogen) atoms. The molecule has 0 aliphatic carbocycles. The number of anilines is 1. The molecule has 0 saturated carbocycles. The first kappa shape index (κ1) is 23.0. The molecule has 2 heterocycles. The van der Waals surface area contributed by atoms with E-state index >= 15 is 0 Å². The zero-order valence-electron chi connectivity index (χ0n) is 18.4. The van der Waals surface area contributed by atoms with E-state index < -0.39 is 10.0 Å². The number of hydrogen-bond donors (Lipinski definition) is 2. The quantitative estimate of drug-likeness (QED) is 0.552. The third-order valence-electron chi connectivity index (χ3n) is 5.81. The standard InChI is InChI=1S/C24H28N4O4S/c29-22(26-17-18-11-13-19(14-12-18)28-16-6-10-23(28)30)9-2-1-5-15-25-24-20-7-3-4-8-21(20)33(31,32)27-24/h3-4,7-8,11-14H,1-2,5-6,9-10,15-17H2,(H,25,27)(H,26,29). The lowest BCUT2D eigenvalue weighted by molar-refractivity contribution is -0.121. The summed E-state index contributed by atoms with van der Waals surface area (Å²) in [6, 6.07) is 14.5. The van der Waals surface area contributed by atoms with E-state index in [0.717, 1.165) is 43.5 Å². The summed E-state index contributed by atoms with van der Waals surface area (Å²) < 4.78 is 26.6. The summed E-state index contributed by atoms with van der Waals surface area (Å²) in [5.41, 5.74) is 2.51. The van der Waals surface area contributed by atoms with Crippen LogP contribution in [0.5, 0.6) is 0 Å². The van der Waals surface area contributed by atoms with Gasteiger partial charge >= 0.3 is 0 Å². The first-order valence-corrected chi connectivity index (χ1v) is 12.7. The van der Waals surface area contributed by atoms with Crippen LogP contribution in [0.2, 0.25) is 0 Å². The van der Waals surface area contributed by atoms with Gasteiger partial charge in [-0.2, -0.15) is 0 Å². The molecule has 9 heteroatoms. The second-order valence-electron chi connectivity index (χ2n) is 8.23. The molecule has 2 aliphatic rings. The Bertz CT molecular complexity index is 1160. The Hall–Kier alpha value is -3.20. The number of hydrogen-bond acceptors (Lipinski definition) is 5. The third kappa shape index (κ3) is 5.60. The molecule has 0 unspecified atom stereocenters. The van der Waals surface area contributed by atoms with E-state index in [9.17, 15) is 18.0 Å². The average molecular weight is 469 g/mol. The molecular weight excluding hydrogens is 440 g/mol. The zero-order chi connectivity index (χ0) is 23.3. The zero-order valence-corrected chi connectivity index (χ0v) is 19.2. The van der Waals surface area contributed by atoms with Crippen molar-refractivity contribution < 1.29 is 18.0 Å². The molecule has 2 aliphatic heterocycles. The highest BCUT2D eigenvalue weighted by Crippen LogP contribution is 2.23. The van der Waals surface area contributed by atoms with E-state index in [1.807, 2.05) is 24.3 Å². The van der Waals surface area contributed by atoms with Crippen LogP contribution in [0.25, 0.3) is 0 Å². The molecule has 8 nitrogen and oxygen atoms in total. The minimum Gasteiger partial charge on any atom is -0.352 e. The minimum atomic E-state index is -3.50. The lowest BCUT2D eigenvalue weighted by Gasteiger charge is -2.16. The number of amidine groups is 1. The van der Waals surface area contributed by atoms with Gasteiger partial charge in [-0.15, -0.1) is 0 Å². The van der Waals surface area contributed by atoms with E-state index in [2.05, 4.69) is 15.0 Å². The largest absolute Gasteiger partial charge is 0.352 e. The number of unbranched alkanes of at least 4 members (excludes halogenated alkanes) is 2. The lowest BCUT2D eigenvalue weighted by Crippen LogP contribution is -2.24. The summed E-state index contributed by atoms with van der Waals surface area (Å²) in [5.74, 6) is 0.554. The van der Waals surface area contributed by atoms with Crippen molar-refractivity contribution in [3.05, 3.63) is 59.7 Å². The van der Waals surface area contributed by atoms with Crippen LogP contribution in [-0.4, -0.2) is 39.2 Å². The van der Waals surface area contributed by atoms with E-state index in [0.29, 0.717) is 37.3 Å². The average Bonchev–Trinajstić information content (AvgIpc) is 3.35. The Morgan fingerprint density at radius 2 is 1.85 bits per heavy atom. The number of benzene rings is 2. The molecule has 0 bridgehead atoms. The minimum absolute atomic E-state index is 0.00223. The van der Waals surface area contributed by atoms with Gasteiger partial charge in [-0.05, 0) is 49.1 Å². The van der Waals surface area contributed by atoms with Crippen molar-refractivity contribution in [1.82, 2.24) is 10.0 Å². The van der Waals surface area contributed by atoms with Crippen LogP contribution in [0.4, 0.5) is 5.69 Å². The van der Waals surface area contributed by atoms with Crippen LogP contribution in [0, 0.1) is 0 Å². The van der Waals surface area contributed by atoms with Gasteiger partial charge in [0.1, 0.15) is 5.84 Å². The number of nitrogens with zero attached hydrogens (tertiary/aromatic N) is 2. The monoisotopic (exact) mass is 468 g/mol. The first-order valence-electron chi connectivity index (χ1n) is 11.3. The van der Waals surface area contributed by atoms with Crippen molar-refractivity contribution in [1.29, 1.82) is 0 Å². The lowest BCUT2D eigenvalue weighted by atomic mass is 10.1. The molecule has 2 amide bonds. The molecule has 0 radical (unpaired) electrons. The van der Waals surface area contributed by atoms with E-state index in [1.54, 1.807) is 29.2 Å². The van der Waals surface area contributed by atoms with Crippen molar-refractivity contribution in [2.24, 2.45) is 4.99 Å². The van der Waals surface area contributed by atoms with Gasteiger partial charge in [-0.1, -0.05) is 30.7 Å². The fourth-order valence-corrected chi connectivity index (χ4v) is 5.27. The molecule has 0 spiro atoms. The van der Waals surface area contributed by atoms with Gasteiger partial charge < -0.3 is 10.2 Å². The highest BCUT2D eigenvalue weighted by molar-refractivity contribution is 7.90. The highest BCUT2D eigenvalue weighted by atomic mass is 32.2. The van der Waals surface area contributed by atoms with Gasteiger partial charge in [0.2, 0.25) is 11.8 Å². The number of carbonyl (C=O) groups is 2. The van der Waals surface area contributed by atoms with Crippen LogP contribution < -0.4 is 14.9 Å². The van der Waals surface area contributed by atoms with Gasteiger partial charge in [0.05, 0.1) is 4.90 Å². The summed E-state index contributed by atoms with van der Waals surface area (Å²) in [5, 5.41) is 2.93. The van der Waals surface area contributed by atoms with Crippen LogP contribution in [-0.2, 0) is 26.2 Å². The second-order valence-corrected chi connectivity index (χ2v) is 9.89. The van der Waals surface area contributed by atoms with Gasteiger partial charge in [0.15, 0.2) is 0 Å². The molecular formula is C24H28N4O4S. The normalized spacial score (nSPS) is 17.8. The second kappa shape index (κ2) is 10.2. The summed E-state index contributed by atoms with van der Waals surface area (Å²) in [7, 11) is -3.50. The van der Waals surface area contributed by atoms with Gasteiger partial charge in [0, 0.05) is 43.7 Å². The molecule has 0 atom stereocenters. The molecule has 2 aromatic rings. The SMILES string of the molecule is O=C(CCCCCN=C1NS(=O)(=O)c2ccccc21)NCc1ccc(N2CCCC2=O)cc1. The number of fused-ring (bicyclic) bond motifs is 1. The Labute approximate surface area is 194 Å². The van der Waals surface area contributed by atoms with Crippen LogP contribution in [0.15, 0.2) is 58.4 Å². The smallest absolute Gasteiger partial charge is 0.263 e. The van der Waals surface area contributed by atoms with Gasteiger partial charge in [0.25, 0.3) is 10.0 Å². The Kier molecular flexibility index (Phi) is 7.08. The van der Waals surface area contributed by atoms with Gasteiger partial charge in [-0.25, -0.2) is 8.42 Å². The van der Waals surface area contributed by atoms with Crippen molar-refractivity contribution >= 4 is 33.4 Å². The van der Waals surface area contributed by atoms with Crippen LogP contribution in [0.1, 0.15) is 49.7 Å². The topological polar surface area (TPSA) is 108 Å². The maximum atomic E-state index is 12.1. The Morgan fingerprint density at radius 3 is 2.61 bits per heavy atom. The number of sulfonamides is 1. The van der Waals surface area contributed by atoms with Crippen molar-refractivity contribution in [2.45, 2.75) is 50.0 Å². The maximum absolute atomic E-state index is 12.1. The van der Waals surface area contributed by atoms with Crippen molar-refractivity contribution in [2.75, 3.05) is 18.0 Å². The predicted molar refractivity (Wildman–Crippen MR) is 127 cm³/mol. The van der Waals surface area contributed by atoms with E-state index in [-0.39, 0.29) is 16.7 Å². The Balaban J connectivity index is 1.14. The number of amides is 2. The fourth-order valence-electron chi connectivity index (χ4n) is 4.02.